The number of carbonyl (C=O) groups excluding carboxylic acids is 1. The zero-order chi connectivity index (χ0) is 38.6. The van der Waals surface area contributed by atoms with E-state index < -0.39 is 34.4 Å². The lowest BCUT2D eigenvalue weighted by molar-refractivity contribution is -0.255. The van der Waals surface area contributed by atoms with Gasteiger partial charge in [-0.15, -0.1) is 0 Å². The zero-order valence-corrected chi connectivity index (χ0v) is 34.5. The second-order valence-corrected chi connectivity index (χ2v) is 20.8. The van der Waals surface area contributed by atoms with Crippen molar-refractivity contribution < 1.29 is 24.2 Å². The van der Waals surface area contributed by atoms with Crippen LogP contribution in [-0.2, 0) is 14.3 Å². The SMILES string of the molecule is CC(C)[C@@H](C)[C@@]1(C)CC[C@]2(C)[C@H]3CC[C@@H]4[C@@]5(C)COC[C@@]4(C3=CC[C@@]2(C)[C@@H]1C(=O)O)[C@@H](OC[C@](C)(N)C(C)(C)C)[C@H](n1ncnc1C(=O)N(C)C)C5. The molecule has 3 N–H and O–H groups in total. The van der Waals surface area contributed by atoms with Crippen LogP contribution in [0, 0.1) is 62.1 Å². The van der Waals surface area contributed by atoms with Gasteiger partial charge in [0.25, 0.3) is 5.91 Å². The maximum atomic E-state index is 13.6. The van der Waals surface area contributed by atoms with Crippen molar-refractivity contribution in [1.29, 1.82) is 0 Å². The number of aliphatic carboxylic acids is 1. The van der Waals surface area contributed by atoms with Gasteiger partial charge in [-0.3, -0.25) is 9.59 Å². The molecule has 5 aliphatic rings. The van der Waals surface area contributed by atoms with E-state index >= 15 is 0 Å². The summed E-state index contributed by atoms with van der Waals surface area (Å²) in [5.41, 5.74) is 5.88. The Morgan fingerprint density at radius 2 is 1.75 bits per heavy atom. The van der Waals surface area contributed by atoms with E-state index in [-0.39, 0.29) is 51.4 Å². The number of aromatic nitrogens is 3. The Morgan fingerprint density at radius 3 is 2.35 bits per heavy atom. The largest absolute Gasteiger partial charge is 0.481 e. The first-order valence-corrected chi connectivity index (χ1v) is 20.0. The molecule has 4 aliphatic carbocycles. The van der Waals surface area contributed by atoms with E-state index in [0.717, 1.165) is 32.1 Å². The maximum absolute atomic E-state index is 13.6. The quantitative estimate of drug-likeness (QED) is 0.268. The summed E-state index contributed by atoms with van der Waals surface area (Å²) in [5.74, 6) is 0.107. The van der Waals surface area contributed by atoms with Gasteiger partial charge in [-0.05, 0) is 96.2 Å². The molecule has 1 aliphatic heterocycles. The lowest BCUT2D eigenvalue weighted by atomic mass is 9.34. The first kappa shape index (κ1) is 39.4. The molecule has 2 heterocycles. The molecule has 0 unspecified atom stereocenters. The van der Waals surface area contributed by atoms with Gasteiger partial charge in [-0.1, -0.05) is 80.9 Å². The van der Waals surface area contributed by atoms with E-state index in [1.54, 1.807) is 19.0 Å². The number of hydrogen-bond donors (Lipinski definition) is 2. The minimum absolute atomic E-state index is 0.171. The summed E-state index contributed by atoms with van der Waals surface area (Å²) in [7, 11) is 3.49. The van der Waals surface area contributed by atoms with E-state index in [0.29, 0.717) is 38.0 Å². The number of hydrogen-bond acceptors (Lipinski definition) is 7. The Bertz CT molecular complexity index is 1590. The highest BCUT2D eigenvalue weighted by Crippen LogP contribution is 2.75. The molecule has 0 spiro atoms. The van der Waals surface area contributed by atoms with Crippen molar-refractivity contribution in [3.8, 4) is 0 Å². The van der Waals surface area contributed by atoms with Crippen molar-refractivity contribution in [3.05, 3.63) is 23.8 Å². The molecule has 10 heteroatoms. The standard InChI is InChI=1S/C42H69N5O5/c1-25(2)26(3)38(8)18-19-39(9)27-14-15-30-37(7)20-29(47-33(44-24-45-47)34(48)46(12)13)32(52-22-41(11,43)36(4,5)6)42(30,23-51-21-37)28(27)16-17-40(39,10)31(38)35(49)50/h16,24-27,29-32H,14-15,17-23,43H2,1-13H3,(H,49,50)/t26-,27+,29-,30-,31-,32+,37-,38-,39-,40+,41+,42+/m1/s1. The van der Waals surface area contributed by atoms with E-state index in [1.165, 1.54) is 11.9 Å². The molecule has 1 saturated heterocycles. The van der Waals surface area contributed by atoms with Crippen LogP contribution in [-0.4, -0.2) is 82.2 Å². The predicted octanol–water partition coefficient (Wildman–Crippen LogP) is 7.26. The third kappa shape index (κ3) is 5.41. The van der Waals surface area contributed by atoms with Gasteiger partial charge >= 0.3 is 5.97 Å². The predicted molar refractivity (Wildman–Crippen MR) is 202 cm³/mol. The number of carbonyl (C=O) groups is 2. The number of allylic oxidation sites excluding steroid dienone is 1. The van der Waals surface area contributed by atoms with Crippen molar-refractivity contribution >= 4 is 11.9 Å². The zero-order valence-electron chi connectivity index (χ0n) is 34.5. The van der Waals surface area contributed by atoms with E-state index in [2.05, 4.69) is 87.2 Å². The van der Waals surface area contributed by atoms with Gasteiger partial charge < -0.3 is 25.2 Å². The van der Waals surface area contributed by atoms with Gasteiger partial charge in [0.1, 0.15) is 6.33 Å². The maximum Gasteiger partial charge on any atom is 0.307 e. The van der Waals surface area contributed by atoms with Gasteiger partial charge in [-0.25, -0.2) is 9.67 Å². The molecule has 292 valence electrons. The number of rotatable bonds is 8. The number of carboxylic acid groups (broad SMARTS) is 1. The lowest BCUT2D eigenvalue weighted by Gasteiger charge is -2.71. The fourth-order valence-corrected chi connectivity index (χ4v) is 12.4. The van der Waals surface area contributed by atoms with Gasteiger partial charge in [-0.2, -0.15) is 5.10 Å². The highest BCUT2D eigenvalue weighted by molar-refractivity contribution is 5.90. The Labute approximate surface area is 313 Å². The molecular formula is C42H69N5O5. The van der Waals surface area contributed by atoms with Crippen LogP contribution in [0.3, 0.4) is 0 Å². The average molecular weight is 724 g/mol. The van der Waals surface area contributed by atoms with Crippen LogP contribution in [0.5, 0.6) is 0 Å². The van der Waals surface area contributed by atoms with Crippen LogP contribution in [0.2, 0.25) is 0 Å². The van der Waals surface area contributed by atoms with E-state index in [1.807, 2.05) is 4.68 Å². The van der Waals surface area contributed by atoms with Crippen LogP contribution in [0.4, 0.5) is 0 Å². The molecule has 1 amide bonds. The van der Waals surface area contributed by atoms with Crippen molar-refractivity contribution in [2.75, 3.05) is 33.9 Å². The Morgan fingerprint density at radius 1 is 1.08 bits per heavy atom. The average Bonchev–Trinajstić information content (AvgIpc) is 3.52. The molecule has 2 bridgehead atoms. The second-order valence-electron chi connectivity index (χ2n) is 20.8. The molecule has 4 fully saturated rings. The highest BCUT2D eigenvalue weighted by Gasteiger charge is 2.73. The van der Waals surface area contributed by atoms with Gasteiger partial charge in [0.2, 0.25) is 5.82 Å². The first-order chi connectivity index (χ1) is 23.9. The number of ether oxygens (including phenoxy) is 2. The van der Waals surface area contributed by atoms with Crippen LogP contribution < -0.4 is 5.73 Å². The first-order valence-electron chi connectivity index (χ1n) is 20.0. The Balaban J connectivity index is 1.54. The second kappa shape index (κ2) is 12.6. The van der Waals surface area contributed by atoms with Crippen molar-refractivity contribution in [2.24, 2.45) is 67.8 Å². The third-order valence-electron chi connectivity index (χ3n) is 16.8. The van der Waals surface area contributed by atoms with Gasteiger partial charge in [0.15, 0.2) is 0 Å². The van der Waals surface area contributed by atoms with Crippen LogP contribution in [0.1, 0.15) is 131 Å². The van der Waals surface area contributed by atoms with E-state index in [4.69, 9.17) is 20.3 Å². The summed E-state index contributed by atoms with van der Waals surface area (Å²) in [6.45, 7) is 26.1. The summed E-state index contributed by atoms with van der Waals surface area (Å²) in [6, 6.07) is -0.281. The normalized spacial score (nSPS) is 41.9. The molecule has 1 aromatic rings. The van der Waals surface area contributed by atoms with Crippen LogP contribution >= 0.6 is 0 Å². The molecule has 52 heavy (non-hydrogen) atoms. The number of nitrogens with two attached hydrogens (primary N) is 1. The lowest BCUT2D eigenvalue weighted by Crippen LogP contribution is -2.70. The number of amides is 1. The summed E-state index contributed by atoms with van der Waals surface area (Å²) in [4.78, 5) is 33.3. The topological polar surface area (TPSA) is 133 Å². The molecule has 0 aromatic carbocycles. The van der Waals surface area contributed by atoms with Crippen LogP contribution in [0.25, 0.3) is 0 Å². The Hall–Kier alpha value is -2.30. The molecular weight excluding hydrogens is 654 g/mol. The highest BCUT2D eigenvalue weighted by atomic mass is 16.5. The number of nitrogens with zero attached hydrogens (tertiary/aromatic N) is 4. The number of fused-ring (bicyclic) bond motifs is 3. The van der Waals surface area contributed by atoms with Crippen LogP contribution in [0.15, 0.2) is 18.0 Å². The van der Waals surface area contributed by atoms with Crippen molar-refractivity contribution in [1.82, 2.24) is 19.7 Å². The third-order valence-corrected chi connectivity index (χ3v) is 16.8. The molecule has 6 rings (SSSR count). The van der Waals surface area contributed by atoms with Crippen molar-refractivity contribution in [2.45, 2.75) is 132 Å². The minimum atomic E-state index is -0.659. The monoisotopic (exact) mass is 724 g/mol. The molecule has 0 radical (unpaired) electrons. The smallest absolute Gasteiger partial charge is 0.307 e. The summed E-state index contributed by atoms with van der Waals surface area (Å²) < 4.78 is 15.9. The fraction of sp³-hybridized carbons (Fsp3) is 0.857. The summed E-state index contributed by atoms with van der Waals surface area (Å²) >= 11 is 0. The molecule has 1 aromatic heterocycles. The van der Waals surface area contributed by atoms with E-state index in [9.17, 15) is 14.7 Å². The van der Waals surface area contributed by atoms with Gasteiger partial charge in [0.05, 0.1) is 37.9 Å². The Kier molecular flexibility index (Phi) is 9.56. The fourth-order valence-electron chi connectivity index (χ4n) is 12.4. The summed E-state index contributed by atoms with van der Waals surface area (Å²) in [6.07, 6.45) is 8.88. The minimum Gasteiger partial charge on any atom is -0.481 e. The molecule has 3 saturated carbocycles. The van der Waals surface area contributed by atoms with Crippen molar-refractivity contribution in [3.63, 3.8) is 0 Å². The molecule has 12 atom stereocenters. The molecule has 10 nitrogen and oxygen atoms in total. The summed E-state index contributed by atoms with van der Waals surface area (Å²) in [5, 5.41) is 15.9. The number of carboxylic acids is 1. The van der Waals surface area contributed by atoms with Gasteiger partial charge in [0, 0.05) is 25.0 Å².